The molecule has 0 bridgehead atoms. The van der Waals surface area contributed by atoms with Gasteiger partial charge in [-0.1, -0.05) is 6.07 Å². The summed E-state index contributed by atoms with van der Waals surface area (Å²) in [6.07, 6.45) is 1.12. The van der Waals surface area contributed by atoms with Crippen molar-refractivity contribution in [1.29, 1.82) is 0 Å². The van der Waals surface area contributed by atoms with Crippen molar-refractivity contribution in [3.05, 3.63) is 39.9 Å². The third kappa shape index (κ3) is 3.33. The van der Waals surface area contributed by atoms with Gasteiger partial charge in [-0.15, -0.1) is 35.1 Å². The molecule has 0 aliphatic heterocycles. The van der Waals surface area contributed by atoms with Crippen molar-refractivity contribution in [2.24, 2.45) is 0 Å². The van der Waals surface area contributed by atoms with Gasteiger partial charge in [-0.05, 0) is 35.4 Å². The molecule has 0 saturated heterocycles. The summed E-state index contributed by atoms with van der Waals surface area (Å²) < 4.78 is 0. The van der Waals surface area contributed by atoms with Gasteiger partial charge in [0.2, 0.25) is 0 Å². The molecule has 0 spiro atoms. The number of nitrogens with one attached hydrogen (secondary N) is 1. The molecule has 0 fully saturated rings. The fourth-order valence-corrected chi connectivity index (χ4v) is 2.50. The third-order valence-electron chi connectivity index (χ3n) is 1.77. The first-order valence-corrected chi connectivity index (χ1v) is 6.01. The predicted octanol–water partition coefficient (Wildman–Crippen LogP) is 3.89. The van der Waals surface area contributed by atoms with Crippen LogP contribution < -0.4 is 5.32 Å². The van der Waals surface area contributed by atoms with Gasteiger partial charge < -0.3 is 5.32 Å². The van der Waals surface area contributed by atoms with Crippen molar-refractivity contribution in [2.45, 2.75) is 6.42 Å². The molecule has 2 aromatic heterocycles. The summed E-state index contributed by atoms with van der Waals surface area (Å²) in [5.74, 6) is 0. The van der Waals surface area contributed by atoms with Crippen LogP contribution in [0, 0.1) is 0 Å². The molecule has 2 aromatic rings. The minimum atomic E-state index is 0. The standard InChI is InChI=1S/C10H11NS2.ClH/c1-3-9(12-7-1)5-6-11-10-4-2-8-13-10;/h1-4,7-8,11H,5-6H2;1H. The summed E-state index contributed by atoms with van der Waals surface area (Å²) in [4.78, 5) is 1.45. The number of anilines is 1. The first kappa shape index (κ1) is 11.6. The summed E-state index contributed by atoms with van der Waals surface area (Å²) in [7, 11) is 0. The number of thiophene rings is 2. The lowest BCUT2D eigenvalue weighted by atomic mass is 10.3. The SMILES string of the molecule is Cl.c1csc(CCNc2cccs2)c1. The Hall–Kier alpha value is -0.510. The summed E-state index contributed by atoms with van der Waals surface area (Å²) in [6, 6.07) is 8.46. The molecule has 4 heteroatoms. The molecule has 0 saturated carbocycles. The molecule has 0 radical (unpaired) electrons. The Kier molecular flexibility index (Phi) is 5.01. The van der Waals surface area contributed by atoms with E-state index in [4.69, 9.17) is 0 Å². The van der Waals surface area contributed by atoms with Crippen LogP contribution in [-0.4, -0.2) is 6.54 Å². The van der Waals surface area contributed by atoms with Crippen LogP contribution in [0.25, 0.3) is 0 Å². The Bertz CT molecular complexity index is 295. The smallest absolute Gasteiger partial charge is 0.0882 e. The van der Waals surface area contributed by atoms with E-state index in [-0.39, 0.29) is 12.4 Å². The van der Waals surface area contributed by atoms with E-state index in [1.165, 1.54) is 9.88 Å². The Morgan fingerprint density at radius 2 is 1.86 bits per heavy atom. The maximum absolute atomic E-state index is 3.39. The minimum Gasteiger partial charge on any atom is -0.377 e. The number of rotatable bonds is 4. The van der Waals surface area contributed by atoms with Crippen molar-refractivity contribution >= 4 is 40.1 Å². The lowest BCUT2D eigenvalue weighted by molar-refractivity contribution is 1.05. The highest BCUT2D eigenvalue weighted by Crippen LogP contribution is 2.15. The highest BCUT2D eigenvalue weighted by Gasteiger charge is 1.94. The first-order valence-electron chi connectivity index (χ1n) is 4.25. The summed E-state index contributed by atoms with van der Waals surface area (Å²) in [6.45, 7) is 1.03. The predicted molar refractivity (Wildman–Crippen MR) is 68.1 cm³/mol. The summed E-state index contributed by atoms with van der Waals surface area (Å²) in [5.41, 5.74) is 0. The number of hydrogen-bond donors (Lipinski definition) is 1. The molecule has 0 atom stereocenters. The second kappa shape index (κ2) is 6.06. The minimum absolute atomic E-state index is 0. The molecule has 0 aliphatic rings. The van der Waals surface area contributed by atoms with Crippen molar-refractivity contribution in [3.8, 4) is 0 Å². The highest BCUT2D eigenvalue weighted by atomic mass is 35.5. The zero-order valence-corrected chi connectivity index (χ0v) is 10.1. The molecule has 0 amide bonds. The van der Waals surface area contributed by atoms with Gasteiger partial charge in [-0.3, -0.25) is 0 Å². The van der Waals surface area contributed by atoms with Crippen molar-refractivity contribution in [1.82, 2.24) is 0 Å². The van der Waals surface area contributed by atoms with Crippen LogP contribution in [-0.2, 0) is 6.42 Å². The van der Waals surface area contributed by atoms with Gasteiger partial charge in [0.05, 0.1) is 5.00 Å². The number of hydrogen-bond acceptors (Lipinski definition) is 3. The topological polar surface area (TPSA) is 12.0 Å². The van der Waals surface area contributed by atoms with E-state index in [1.54, 1.807) is 11.3 Å². The van der Waals surface area contributed by atoms with Gasteiger partial charge in [0, 0.05) is 11.4 Å². The van der Waals surface area contributed by atoms with Gasteiger partial charge in [0.25, 0.3) is 0 Å². The van der Waals surface area contributed by atoms with Gasteiger partial charge in [-0.25, -0.2) is 0 Å². The Balaban J connectivity index is 0.000000980. The quantitative estimate of drug-likeness (QED) is 0.862. The molecule has 2 rings (SSSR count). The van der Waals surface area contributed by atoms with E-state index in [1.807, 2.05) is 11.3 Å². The van der Waals surface area contributed by atoms with Gasteiger partial charge >= 0.3 is 0 Å². The van der Waals surface area contributed by atoms with Crippen LogP contribution in [0.5, 0.6) is 0 Å². The van der Waals surface area contributed by atoms with Crippen LogP contribution in [0.1, 0.15) is 4.88 Å². The Morgan fingerprint density at radius 1 is 1.07 bits per heavy atom. The summed E-state index contributed by atoms with van der Waals surface area (Å²) >= 11 is 3.58. The maximum atomic E-state index is 3.39. The van der Waals surface area contributed by atoms with Crippen LogP contribution in [0.3, 0.4) is 0 Å². The first-order chi connectivity index (χ1) is 6.45. The molecule has 76 valence electrons. The summed E-state index contributed by atoms with van der Waals surface area (Å²) in [5, 5.41) is 8.87. The van der Waals surface area contributed by atoms with Crippen LogP contribution in [0.4, 0.5) is 5.00 Å². The van der Waals surface area contributed by atoms with Gasteiger partial charge in [0.1, 0.15) is 0 Å². The lowest BCUT2D eigenvalue weighted by Crippen LogP contribution is -2.01. The molecule has 0 aliphatic carbocycles. The fourth-order valence-electron chi connectivity index (χ4n) is 1.14. The molecule has 0 unspecified atom stereocenters. The monoisotopic (exact) mass is 245 g/mol. The van der Waals surface area contributed by atoms with Gasteiger partial charge in [0.15, 0.2) is 0 Å². The molecule has 0 aromatic carbocycles. The molecule has 1 N–H and O–H groups in total. The molecule has 1 nitrogen and oxygen atoms in total. The number of halogens is 1. The van der Waals surface area contributed by atoms with Gasteiger partial charge in [-0.2, -0.15) is 0 Å². The van der Waals surface area contributed by atoms with Crippen molar-refractivity contribution in [3.63, 3.8) is 0 Å². The van der Waals surface area contributed by atoms with Crippen LogP contribution in [0.15, 0.2) is 35.0 Å². The Morgan fingerprint density at radius 3 is 2.50 bits per heavy atom. The van der Waals surface area contributed by atoms with E-state index >= 15 is 0 Å². The molecule has 14 heavy (non-hydrogen) atoms. The highest BCUT2D eigenvalue weighted by molar-refractivity contribution is 7.14. The second-order valence-electron chi connectivity index (χ2n) is 2.73. The zero-order chi connectivity index (χ0) is 8.93. The van der Waals surface area contributed by atoms with E-state index in [9.17, 15) is 0 Å². The lowest BCUT2D eigenvalue weighted by Gasteiger charge is -2.00. The van der Waals surface area contributed by atoms with Crippen LogP contribution in [0.2, 0.25) is 0 Å². The van der Waals surface area contributed by atoms with E-state index < -0.39 is 0 Å². The van der Waals surface area contributed by atoms with Crippen LogP contribution >= 0.6 is 35.1 Å². The van der Waals surface area contributed by atoms with Crippen molar-refractivity contribution < 1.29 is 0 Å². The Labute approximate surface area is 98.2 Å². The van der Waals surface area contributed by atoms with E-state index in [0.717, 1.165) is 13.0 Å². The third-order valence-corrected chi connectivity index (χ3v) is 3.54. The second-order valence-corrected chi connectivity index (χ2v) is 4.71. The largest absolute Gasteiger partial charge is 0.377 e. The average Bonchev–Trinajstić information content (AvgIpc) is 2.75. The van der Waals surface area contributed by atoms with E-state index in [0.29, 0.717) is 0 Å². The molecule has 2 heterocycles. The zero-order valence-electron chi connectivity index (χ0n) is 7.60. The average molecular weight is 246 g/mol. The van der Waals surface area contributed by atoms with Crippen molar-refractivity contribution in [2.75, 3.05) is 11.9 Å². The fraction of sp³-hybridized carbons (Fsp3) is 0.200. The normalized spacial score (nSPS) is 9.43. The maximum Gasteiger partial charge on any atom is 0.0882 e. The molecular weight excluding hydrogens is 234 g/mol. The molecular formula is C10H12ClNS2. The van der Waals surface area contributed by atoms with E-state index in [2.05, 4.69) is 40.3 Å².